The first kappa shape index (κ1) is 27.5. The Morgan fingerprint density at radius 3 is 1.82 bits per heavy atom. The van der Waals surface area contributed by atoms with Gasteiger partial charge in [0.1, 0.15) is 6.10 Å². The number of allylic oxidation sites excluding steroid dienone is 2. The van der Waals surface area contributed by atoms with Crippen LogP contribution in [0.4, 0.5) is 0 Å². The van der Waals surface area contributed by atoms with Crippen LogP contribution < -0.4 is 0 Å². The Morgan fingerprint density at radius 1 is 0.786 bits per heavy atom. The van der Waals surface area contributed by atoms with E-state index < -0.39 is 29.7 Å². The van der Waals surface area contributed by atoms with E-state index in [0.29, 0.717) is 6.42 Å². The van der Waals surface area contributed by atoms with Gasteiger partial charge in [0, 0.05) is 0 Å². The lowest BCUT2D eigenvalue weighted by molar-refractivity contribution is 0.0487. The fourth-order valence-electron chi connectivity index (χ4n) is 2.76. The van der Waals surface area contributed by atoms with Crippen molar-refractivity contribution in [3.63, 3.8) is 0 Å². The lowest BCUT2D eigenvalue weighted by Gasteiger charge is -2.08. The molecule has 0 radical (unpaired) electrons. The standard InChI is InChI=1S/C21H42O6S/c1-2-3-4-5-6-7-8-9-10-11-12-13-14-15-16-17-18-26-28(24,25)27-20-21(23)19-22/h9-10,21-23H,2-8,11-20H2,1H3/b10-9-. The van der Waals surface area contributed by atoms with Crippen LogP contribution in [0.15, 0.2) is 12.2 Å². The number of hydrogen-bond acceptors (Lipinski definition) is 6. The summed E-state index contributed by atoms with van der Waals surface area (Å²) in [6, 6.07) is 0. The van der Waals surface area contributed by atoms with Crippen molar-refractivity contribution in [3.05, 3.63) is 12.2 Å². The number of aliphatic hydroxyl groups excluding tert-OH is 2. The highest BCUT2D eigenvalue weighted by atomic mass is 32.3. The van der Waals surface area contributed by atoms with Crippen molar-refractivity contribution in [3.8, 4) is 0 Å². The molecule has 0 aliphatic heterocycles. The molecule has 0 bridgehead atoms. The Bertz CT molecular complexity index is 450. The highest BCUT2D eigenvalue weighted by Gasteiger charge is 2.14. The molecule has 6 nitrogen and oxygen atoms in total. The van der Waals surface area contributed by atoms with Crippen LogP contribution in [0.1, 0.15) is 96.8 Å². The van der Waals surface area contributed by atoms with Crippen LogP contribution in [-0.2, 0) is 18.8 Å². The van der Waals surface area contributed by atoms with Crippen molar-refractivity contribution in [2.75, 3.05) is 19.8 Å². The maximum atomic E-state index is 11.4. The summed E-state index contributed by atoms with van der Waals surface area (Å²) in [6.45, 7) is 1.28. The highest BCUT2D eigenvalue weighted by molar-refractivity contribution is 7.81. The van der Waals surface area contributed by atoms with E-state index in [1.54, 1.807) is 0 Å². The predicted octanol–water partition coefficient (Wildman–Crippen LogP) is 4.66. The molecule has 0 aromatic heterocycles. The van der Waals surface area contributed by atoms with E-state index in [1.807, 2.05) is 0 Å². The maximum absolute atomic E-state index is 11.4. The van der Waals surface area contributed by atoms with E-state index in [2.05, 4.69) is 23.3 Å². The molecule has 0 rings (SSSR count). The second-order valence-corrected chi connectivity index (χ2v) is 8.58. The molecule has 0 aliphatic carbocycles. The molecule has 2 N–H and O–H groups in total. The lowest BCUT2D eigenvalue weighted by atomic mass is 10.1. The highest BCUT2D eigenvalue weighted by Crippen LogP contribution is 2.10. The van der Waals surface area contributed by atoms with Crippen molar-refractivity contribution < 1.29 is 27.0 Å². The molecule has 1 atom stereocenters. The van der Waals surface area contributed by atoms with Crippen LogP contribution in [0.3, 0.4) is 0 Å². The first-order valence-electron chi connectivity index (χ1n) is 11.0. The van der Waals surface area contributed by atoms with Crippen molar-refractivity contribution in [1.82, 2.24) is 0 Å². The van der Waals surface area contributed by atoms with Gasteiger partial charge in [-0.05, 0) is 32.1 Å². The number of hydrogen-bond donors (Lipinski definition) is 2. The zero-order valence-corrected chi connectivity index (χ0v) is 18.5. The summed E-state index contributed by atoms with van der Waals surface area (Å²) in [5.41, 5.74) is 0. The van der Waals surface area contributed by atoms with Gasteiger partial charge in [-0.1, -0.05) is 76.9 Å². The molecule has 0 aromatic carbocycles. The molecular formula is C21H42O6S. The Balaban J connectivity index is 3.34. The summed E-state index contributed by atoms with van der Waals surface area (Å²) in [5, 5.41) is 17.6. The molecule has 0 saturated heterocycles. The summed E-state index contributed by atoms with van der Waals surface area (Å²) < 4.78 is 31.9. The molecule has 0 fully saturated rings. The summed E-state index contributed by atoms with van der Waals surface area (Å²) in [6.07, 6.45) is 20.0. The Labute approximate surface area is 172 Å². The molecular weight excluding hydrogens is 380 g/mol. The molecule has 168 valence electrons. The van der Waals surface area contributed by atoms with E-state index in [0.717, 1.165) is 25.7 Å². The lowest BCUT2D eigenvalue weighted by Crippen LogP contribution is -2.23. The van der Waals surface area contributed by atoms with E-state index >= 15 is 0 Å². The smallest absolute Gasteiger partial charge is 0.394 e. The normalized spacial score (nSPS) is 13.4. The van der Waals surface area contributed by atoms with Crippen molar-refractivity contribution in [2.24, 2.45) is 0 Å². The summed E-state index contributed by atoms with van der Waals surface area (Å²) in [4.78, 5) is 0. The fourth-order valence-corrected chi connectivity index (χ4v) is 3.47. The van der Waals surface area contributed by atoms with Gasteiger partial charge >= 0.3 is 10.4 Å². The fraction of sp³-hybridized carbons (Fsp3) is 0.905. The third-order valence-electron chi connectivity index (χ3n) is 4.50. The Hall–Kier alpha value is -0.470. The number of rotatable bonds is 21. The second-order valence-electron chi connectivity index (χ2n) is 7.29. The molecule has 0 saturated carbocycles. The van der Waals surface area contributed by atoms with Gasteiger partial charge in [-0.15, -0.1) is 0 Å². The first-order chi connectivity index (χ1) is 13.5. The van der Waals surface area contributed by atoms with Crippen LogP contribution in [0.2, 0.25) is 0 Å². The molecule has 0 aromatic rings. The molecule has 1 unspecified atom stereocenters. The minimum atomic E-state index is -4.09. The summed E-state index contributed by atoms with van der Waals surface area (Å²) in [7, 11) is -4.09. The molecule has 0 aliphatic rings. The Kier molecular flexibility index (Phi) is 19.5. The van der Waals surface area contributed by atoms with Gasteiger partial charge in [-0.2, -0.15) is 8.42 Å². The topological polar surface area (TPSA) is 93.1 Å². The molecule has 0 heterocycles. The maximum Gasteiger partial charge on any atom is 0.399 e. The van der Waals surface area contributed by atoms with E-state index in [1.165, 1.54) is 57.8 Å². The average Bonchev–Trinajstić information content (AvgIpc) is 2.68. The summed E-state index contributed by atoms with van der Waals surface area (Å²) >= 11 is 0. The van der Waals surface area contributed by atoms with Crippen LogP contribution in [0.25, 0.3) is 0 Å². The van der Waals surface area contributed by atoms with Gasteiger partial charge in [0.2, 0.25) is 0 Å². The summed E-state index contributed by atoms with van der Waals surface area (Å²) in [5.74, 6) is 0. The van der Waals surface area contributed by atoms with Crippen molar-refractivity contribution in [1.29, 1.82) is 0 Å². The van der Waals surface area contributed by atoms with Gasteiger partial charge in [0.05, 0.1) is 19.8 Å². The van der Waals surface area contributed by atoms with Crippen molar-refractivity contribution >= 4 is 10.4 Å². The third-order valence-corrected chi connectivity index (χ3v) is 5.38. The van der Waals surface area contributed by atoms with Crippen LogP contribution in [0.5, 0.6) is 0 Å². The SMILES string of the molecule is CCCCCCCC/C=C\CCCCCCCCOS(=O)(=O)OCC(O)CO. The van der Waals surface area contributed by atoms with Crippen LogP contribution >= 0.6 is 0 Å². The van der Waals surface area contributed by atoms with Gasteiger partial charge in [-0.3, -0.25) is 0 Å². The minimum absolute atomic E-state index is 0.0821. The zero-order valence-electron chi connectivity index (χ0n) is 17.7. The van der Waals surface area contributed by atoms with Crippen molar-refractivity contribution in [2.45, 2.75) is 103 Å². The quantitative estimate of drug-likeness (QED) is 0.206. The second kappa shape index (κ2) is 19.8. The molecule has 28 heavy (non-hydrogen) atoms. The Morgan fingerprint density at radius 2 is 1.29 bits per heavy atom. The predicted molar refractivity (Wildman–Crippen MR) is 113 cm³/mol. The molecule has 0 spiro atoms. The van der Waals surface area contributed by atoms with E-state index in [4.69, 9.17) is 14.4 Å². The number of unbranched alkanes of at least 4 members (excludes halogenated alkanes) is 12. The zero-order chi connectivity index (χ0) is 20.9. The van der Waals surface area contributed by atoms with Crippen LogP contribution in [-0.4, -0.2) is 44.6 Å². The third kappa shape index (κ3) is 20.3. The molecule has 0 amide bonds. The minimum Gasteiger partial charge on any atom is -0.394 e. The average molecular weight is 423 g/mol. The van der Waals surface area contributed by atoms with E-state index in [9.17, 15) is 8.42 Å². The van der Waals surface area contributed by atoms with Crippen LogP contribution in [0, 0.1) is 0 Å². The van der Waals surface area contributed by atoms with E-state index in [-0.39, 0.29) is 6.61 Å². The first-order valence-corrected chi connectivity index (χ1v) is 12.3. The van der Waals surface area contributed by atoms with Gasteiger partial charge < -0.3 is 10.2 Å². The molecule has 7 heteroatoms. The largest absolute Gasteiger partial charge is 0.399 e. The van der Waals surface area contributed by atoms with Gasteiger partial charge in [0.25, 0.3) is 0 Å². The van der Waals surface area contributed by atoms with Gasteiger partial charge in [-0.25, -0.2) is 8.37 Å². The number of aliphatic hydroxyl groups is 2. The monoisotopic (exact) mass is 422 g/mol. The van der Waals surface area contributed by atoms with Gasteiger partial charge in [0.15, 0.2) is 0 Å².